The molecule has 28 heavy (non-hydrogen) atoms. The zero-order valence-corrected chi connectivity index (χ0v) is 16.6. The molecule has 0 unspecified atom stereocenters. The number of fused-ring (bicyclic) bond motifs is 9. The molecule has 1 saturated heterocycles. The van der Waals surface area contributed by atoms with Gasteiger partial charge in [0.15, 0.2) is 0 Å². The topological polar surface area (TPSA) is 96.5 Å². The van der Waals surface area contributed by atoms with E-state index in [0.717, 1.165) is 27.7 Å². The number of hydrogen-bond acceptors (Lipinski definition) is 7. The molecule has 2 aliphatic carbocycles. The predicted octanol–water partition coefficient (Wildman–Crippen LogP) is 2.98. The molecule has 2 N–H and O–H groups in total. The van der Waals surface area contributed by atoms with Crippen LogP contribution in [0.25, 0.3) is 0 Å². The van der Waals surface area contributed by atoms with Crippen molar-refractivity contribution in [3.05, 3.63) is 43.3 Å². The lowest BCUT2D eigenvalue weighted by molar-refractivity contribution is -0.154. The largest absolute Gasteiger partial charge is 0.508 e. The number of carbonyl (C=O) groups excluding carboxylic acids is 2. The summed E-state index contributed by atoms with van der Waals surface area (Å²) in [6.45, 7) is 0. The number of esters is 2. The Bertz CT molecular complexity index is 1110. The molecule has 4 aliphatic rings. The number of nitrogens with one attached hydrogen (secondary N) is 1. The standard InChI is InChI=1S/C19H14ClNO5S2/c20-5-1-2-9(22)6(3-5)10-11-7-4-8(13-12(7)17(23)26-18(13)24)14(11)27-16-15(10)28-19(25)21-16/h1-3,7-8,10-14,22H,4H2,(H,21,25)/t7-,8+,10+,11-,12+,13-,14-/m0/s1. The van der Waals surface area contributed by atoms with Gasteiger partial charge in [-0.1, -0.05) is 22.9 Å². The van der Waals surface area contributed by atoms with E-state index in [2.05, 4.69) is 4.98 Å². The summed E-state index contributed by atoms with van der Waals surface area (Å²) < 4.78 is 4.96. The molecule has 9 heteroatoms. The van der Waals surface area contributed by atoms with E-state index in [-0.39, 0.29) is 45.5 Å². The van der Waals surface area contributed by atoms with Crippen LogP contribution in [0.4, 0.5) is 0 Å². The molecular formula is C19H14ClNO5S2. The van der Waals surface area contributed by atoms with Crippen molar-refractivity contribution in [2.75, 3.05) is 0 Å². The minimum absolute atomic E-state index is 0.0137. The van der Waals surface area contributed by atoms with Crippen molar-refractivity contribution in [3.8, 4) is 5.75 Å². The molecule has 0 amide bonds. The van der Waals surface area contributed by atoms with Gasteiger partial charge in [-0.15, -0.1) is 11.8 Å². The molecule has 2 saturated carbocycles. The number of carbonyl (C=O) groups is 2. The number of halogens is 1. The summed E-state index contributed by atoms with van der Waals surface area (Å²) in [7, 11) is 0. The number of rotatable bonds is 1. The summed E-state index contributed by atoms with van der Waals surface area (Å²) in [6, 6.07) is 4.93. The predicted molar refractivity (Wildman–Crippen MR) is 103 cm³/mol. The van der Waals surface area contributed by atoms with E-state index in [1.807, 2.05) is 0 Å². The molecule has 0 spiro atoms. The Morgan fingerprint density at radius 2 is 1.89 bits per heavy atom. The van der Waals surface area contributed by atoms with Crippen molar-refractivity contribution < 1.29 is 19.4 Å². The van der Waals surface area contributed by atoms with Crippen molar-refractivity contribution in [1.29, 1.82) is 0 Å². The summed E-state index contributed by atoms with van der Waals surface area (Å²) in [5, 5.41) is 12.0. The van der Waals surface area contributed by atoms with Crippen LogP contribution in [-0.2, 0) is 14.3 Å². The van der Waals surface area contributed by atoms with E-state index < -0.39 is 17.9 Å². The molecule has 2 aliphatic heterocycles. The first-order valence-corrected chi connectivity index (χ1v) is 11.1. The number of aromatic amines is 1. The number of hydrogen-bond donors (Lipinski definition) is 2. The van der Waals surface area contributed by atoms with E-state index in [1.54, 1.807) is 30.0 Å². The lowest BCUT2D eigenvalue weighted by Gasteiger charge is -2.42. The van der Waals surface area contributed by atoms with Crippen LogP contribution in [0, 0.1) is 29.6 Å². The molecule has 2 bridgehead atoms. The van der Waals surface area contributed by atoms with Crippen molar-refractivity contribution in [1.82, 2.24) is 4.98 Å². The first-order chi connectivity index (χ1) is 13.4. The smallest absolute Gasteiger partial charge is 0.317 e. The lowest BCUT2D eigenvalue weighted by Crippen LogP contribution is -2.42. The van der Waals surface area contributed by atoms with Gasteiger partial charge in [-0.25, -0.2) is 0 Å². The summed E-state index contributed by atoms with van der Waals surface area (Å²) in [5.41, 5.74) is 0.668. The fraction of sp³-hybridized carbons (Fsp3) is 0.421. The van der Waals surface area contributed by atoms with Crippen LogP contribution < -0.4 is 4.87 Å². The van der Waals surface area contributed by atoms with Gasteiger partial charge in [0.1, 0.15) is 5.75 Å². The van der Waals surface area contributed by atoms with Crippen LogP contribution >= 0.6 is 34.7 Å². The molecule has 144 valence electrons. The van der Waals surface area contributed by atoms with Crippen LogP contribution in [0.3, 0.4) is 0 Å². The lowest BCUT2D eigenvalue weighted by atomic mass is 9.68. The number of H-pyrrole nitrogens is 1. The summed E-state index contributed by atoms with van der Waals surface area (Å²) >= 11 is 8.96. The Morgan fingerprint density at radius 1 is 1.14 bits per heavy atom. The maximum Gasteiger partial charge on any atom is 0.317 e. The molecule has 6 nitrogen and oxygen atoms in total. The van der Waals surface area contributed by atoms with E-state index in [0.29, 0.717) is 10.6 Å². The van der Waals surface area contributed by atoms with Gasteiger partial charge in [0, 0.05) is 26.6 Å². The number of aromatic hydroxyl groups is 1. The van der Waals surface area contributed by atoms with Gasteiger partial charge >= 0.3 is 16.8 Å². The highest BCUT2D eigenvalue weighted by Crippen LogP contribution is 2.68. The van der Waals surface area contributed by atoms with Crippen LogP contribution in [0.15, 0.2) is 28.0 Å². The van der Waals surface area contributed by atoms with E-state index in [1.165, 1.54) is 0 Å². The average Bonchev–Trinajstić information content (AvgIpc) is 3.36. The molecule has 1 aromatic heterocycles. The highest BCUT2D eigenvalue weighted by molar-refractivity contribution is 8.00. The van der Waals surface area contributed by atoms with Gasteiger partial charge in [-0.05, 0) is 42.4 Å². The number of aromatic nitrogens is 1. The fourth-order valence-electron chi connectivity index (χ4n) is 5.94. The number of phenols is 1. The third-order valence-corrected chi connectivity index (χ3v) is 9.61. The van der Waals surface area contributed by atoms with Gasteiger partial charge in [0.2, 0.25) is 0 Å². The summed E-state index contributed by atoms with van der Waals surface area (Å²) in [4.78, 5) is 40.4. The van der Waals surface area contributed by atoms with Crippen LogP contribution in [0.2, 0.25) is 5.02 Å². The van der Waals surface area contributed by atoms with Crippen LogP contribution in [0.1, 0.15) is 22.8 Å². The van der Waals surface area contributed by atoms with Crippen molar-refractivity contribution in [2.24, 2.45) is 29.6 Å². The Kier molecular flexibility index (Phi) is 3.45. The monoisotopic (exact) mass is 435 g/mol. The second-order valence-electron chi connectivity index (χ2n) is 7.90. The van der Waals surface area contributed by atoms with Crippen LogP contribution in [-0.4, -0.2) is 27.3 Å². The number of ether oxygens (including phenoxy) is 1. The second-order valence-corrected chi connectivity index (χ2v) is 10.5. The van der Waals surface area contributed by atoms with E-state index >= 15 is 0 Å². The van der Waals surface area contributed by atoms with Crippen molar-refractivity contribution in [2.45, 2.75) is 22.6 Å². The quantitative estimate of drug-likeness (QED) is 0.528. The van der Waals surface area contributed by atoms with Gasteiger partial charge < -0.3 is 14.8 Å². The van der Waals surface area contributed by atoms with Gasteiger partial charge in [0.25, 0.3) is 0 Å². The fourth-order valence-corrected chi connectivity index (χ4v) is 9.00. The van der Waals surface area contributed by atoms with Crippen LogP contribution in [0.5, 0.6) is 5.75 Å². The van der Waals surface area contributed by atoms with Gasteiger partial charge in [-0.3, -0.25) is 14.4 Å². The highest BCUT2D eigenvalue weighted by atomic mass is 35.5. The Labute approximate surface area is 172 Å². The Hall–Kier alpha value is -1.77. The summed E-state index contributed by atoms with van der Waals surface area (Å²) in [6.07, 6.45) is 0.787. The van der Waals surface area contributed by atoms with Crippen molar-refractivity contribution in [3.63, 3.8) is 0 Å². The Balaban J connectivity index is 1.55. The van der Waals surface area contributed by atoms with Gasteiger partial charge in [0.05, 0.1) is 16.9 Å². The number of benzene rings is 1. The first-order valence-electron chi connectivity index (χ1n) is 9.07. The molecule has 7 atom stereocenters. The Morgan fingerprint density at radius 3 is 2.68 bits per heavy atom. The second kappa shape index (κ2) is 5.64. The average molecular weight is 436 g/mol. The highest BCUT2D eigenvalue weighted by Gasteiger charge is 2.69. The zero-order valence-electron chi connectivity index (χ0n) is 14.3. The molecular weight excluding hydrogens is 422 g/mol. The molecule has 2 aromatic rings. The normalized spacial score (nSPS) is 37.5. The van der Waals surface area contributed by atoms with E-state index in [4.69, 9.17) is 16.3 Å². The minimum Gasteiger partial charge on any atom is -0.508 e. The number of cyclic esters (lactones) is 2. The van der Waals surface area contributed by atoms with E-state index in [9.17, 15) is 19.5 Å². The third-order valence-electron chi connectivity index (χ3n) is 6.78. The molecule has 3 heterocycles. The maximum atomic E-state index is 12.4. The number of thioether (sulfide) groups is 1. The number of phenolic OH excluding ortho intramolecular Hbond substituents is 1. The van der Waals surface area contributed by atoms with Gasteiger partial charge in [-0.2, -0.15) is 0 Å². The first kappa shape index (κ1) is 17.1. The SMILES string of the molecule is O=C1OC(=O)[C@H]2[C@H]3C[C@H]([C@@H]12)[C@H]1[C@@H](c2cc(Cl)ccc2O)c2sc(=O)[nH]c2S[C@@H]31. The molecule has 0 radical (unpaired) electrons. The maximum absolute atomic E-state index is 12.4. The third kappa shape index (κ3) is 2.08. The summed E-state index contributed by atoms with van der Waals surface area (Å²) in [5.74, 6) is -1.71. The molecule has 3 fully saturated rings. The molecule has 6 rings (SSSR count). The minimum atomic E-state index is -0.423. The zero-order chi connectivity index (χ0) is 19.3. The van der Waals surface area contributed by atoms with Crippen molar-refractivity contribution >= 4 is 46.6 Å². The molecule has 1 aromatic carbocycles. The number of thiazole rings is 1.